The Morgan fingerprint density at radius 2 is 1.84 bits per heavy atom. The van der Waals surface area contributed by atoms with Crippen LogP contribution in [0.2, 0.25) is 0 Å². The van der Waals surface area contributed by atoms with Crippen LogP contribution < -0.4 is 0 Å². The van der Waals surface area contributed by atoms with Gasteiger partial charge >= 0.3 is 5.97 Å². The Morgan fingerprint density at radius 3 is 2.42 bits per heavy atom. The lowest BCUT2D eigenvalue weighted by Gasteiger charge is -2.23. The molecule has 0 spiro atoms. The molecule has 0 saturated heterocycles. The molecular weight excluding hydrogens is 240 g/mol. The molecule has 1 fully saturated rings. The van der Waals surface area contributed by atoms with Crippen molar-refractivity contribution in [2.75, 3.05) is 7.11 Å². The van der Waals surface area contributed by atoms with Crippen LogP contribution in [0.5, 0.6) is 5.75 Å². The third-order valence-corrected chi connectivity index (χ3v) is 3.49. The first-order chi connectivity index (χ1) is 9.22. The van der Waals surface area contributed by atoms with Crippen molar-refractivity contribution < 1.29 is 14.6 Å². The van der Waals surface area contributed by atoms with Gasteiger partial charge in [-0.2, -0.15) is 0 Å². The number of rotatable bonds is 2. The zero-order chi connectivity index (χ0) is 14.3. The van der Waals surface area contributed by atoms with Crippen LogP contribution in [0.15, 0.2) is 18.2 Å². The van der Waals surface area contributed by atoms with Gasteiger partial charge in [0, 0.05) is 0 Å². The summed E-state index contributed by atoms with van der Waals surface area (Å²) in [5, 5.41) is 9.89. The summed E-state index contributed by atoms with van der Waals surface area (Å²) in [6, 6.07) is 4.97. The number of esters is 1. The van der Waals surface area contributed by atoms with Crippen LogP contribution in [0.1, 0.15) is 67.8 Å². The maximum Gasteiger partial charge on any atom is 0.337 e. The van der Waals surface area contributed by atoms with E-state index < -0.39 is 0 Å². The second-order valence-electron chi connectivity index (χ2n) is 4.60. The molecule has 0 bridgehead atoms. The van der Waals surface area contributed by atoms with Crippen LogP contribution in [0.4, 0.5) is 0 Å². The third-order valence-electron chi connectivity index (χ3n) is 3.49. The first kappa shape index (κ1) is 15.5. The highest BCUT2D eigenvalue weighted by atomic mass is 16.5. The monoisotopic (exact) mass is 264 g/mol. The predicted molar refractivity (Wildman–Crippen MR) is 76.6 cm³/mol. The standard InChI is InChI=1S/C14H18O3.C2H6/c1-17-14(16)11-7-8-13(15)12(9-11)10-5-3-2-4-6-10;1-2/h7-10,15H,2-6H2,1H3;1-2H3. The quantitative estimate of drug-likeness (QED) is 0.812. The zero-order valence-corrected chi connectivity index (χ0v) is 12.1. The van der Waals surface area contributed by atoms with Crippen molar-refractivity contribution in [1.29, 1.82) is 0 Å². The summed E-state index contributed by atoms with van der Waals surface area (Å²) < 4.78 is 4.70. The summed E-state index contributed by atoms with van der Waals surface area (Å²) in [6.45, 7) is 4.00. The molecule has 0 radical (unpaired) electrons. The van der Waals surface area contributed by atoms with Crippen LogP contribution >= 0.6 is 0 Å². The van der Waals surface area contributed by atoms with Gasteiger partial charge in [-0.25, -0.2) is 4.79 Å². The Morgan fingerprint density at radius 1 is 1.21 bits per heavy atom. The number of methoxy groups -OCH3 is 1. The van der Waals surface area contributed by atoms with Gasteiger partial charge in [0.25, 0.3) is 0 Å². The van der Waals surface area contributed by atoms with Crippen molar-refractivity contribution in [3.63, 3.8) is 0 Å². The molecule has 1 aliphatic rings. The number of benzene rings is 1. The van der Waals surface area contributed by atoms with Gasteiger partial charge in [0.15, 0.2) is 0 Å². The summed E-state index contributed by atoms with van der Waals surface area (Å²) in [5.74, 6) is 0.333. The van der Waals surface area contributed by atoms with Crippen LogP contribution in [-0.2, 0) is 4.74 Å². The van der Waals surface area contributed by atoms with E-state index in [4.69, 9.17) is 4.74 Å². The van der Waals surface area contributed by atoms with E-state index in [-0.39, 0.29) is 5.97 Å². The molecule has 1 N–H and O–H groups in total. The molecule has 3 heteroatoms. The minimum absolute atomic E-state index is 0.296. The molecule has 1 saturated carbocycles. The zero-order valence-electron chi connectivity index (χ0n) is 12.1. The number of carbonyl (C=O) groups excluding carboxylic acids is 1. The van der Waals surface area contributed by atoms with Gasteiger partial charge in [-0.1, -0.05) is 33.1 Å². The van der Waals surface area contributed by atoms with Gasteiger partial charge in [0.05, 0.1) is 12.7 Å². The van der Waals surface area contributed by atoms with Crippen LogP contribution in [0.25, 0.3) is 0 Å². The average Bonchev–Trinajstić information content (AvgIpc) is 2.50. The van der Waals surface area contributed by atoms with E-state index in [0.717, 1.165) is 18.4 Å². The molecular formula is C16H24O3. The van der Waals surface area contributed by atoms with E-state index in [1.54, 1.807) is 18.2 Å². The number of ether oxygens (including phenoxy) is 1. The SMILES string of the molecule is CC.COC(=O)c1ccc(O)c(C2CCCCC2)c1. The first-order valence-corrected chi connectivity index (χ1v) is 7.13. The molecule has 106 valence electrons. The van der Waals surface area contributed by atoms with Gasteiger partial charge in [-0.15, -0.1) is 0 Å². The lowest BCUT2D eigenvalue weighted by Crippen LogP contribution is -2.07. The molecule has 0 aliphatic heterocycles. The van der Waals surface area contributed by atoms with Crippen molar-refractivity contribution in [3.8, 4) is 5.75 Å². The molecule has 3 nitrogen and oxygen atoms in total. The van der Waals surface area contributed by atoms with Gasteiger partial charge in [-0.3, -0.25) is 0 Å². The van der Waals surface area contributed by atoms with Crippen molar-refractivity contribution in [3.05, 3.63) is 29.3 Å². The average molecular weight is 264 g/mol. The Kier molecular flexibility index (Phi) is 6.40. The molecule has 2 rings (SSSR count). The fourth-order valence-corrected chi connectivity index (χ4v) is 2.54. The molecule has 0 atom stereocenters. The molecule has 0 unspecified atom stereocenters. The number of hydrogen-bond donors (Lipinski definition) is 1. The molecule has 1 aromatic rings. The minimum Gasteiger partial charge on any atom is -0.508 e. The normalized spacial score (nSPS) is 15.3. The topological polar surface area (TPSA) is 46.5 Å². The summed E-state index contributed by atoms with van der Waals surface area (Å²) in [4.78, 5) is 11.5. The molecule has 19 heavy (non-hydrogen) atoms. The van der Waals surface area contributed by atoms with Crippen LogP contribution in [0.3, 0.4) is 0 Å². The second kappa shape index (κ2) is 7.82. The Balaban J connectivity index is 0.000000861. The van der Waals surface area contributed by atoms with Crippen molar-refractivity contribution in [1.82, 2.24) is 0 Å². The summed E-state index contributed by atoms with van der Waals surface area (Å²) in [7, 11) is 1.37. The third kappa shape index (κ3) is 3.98. The lowest BCUT2D eigenvalue weighted by molar-refractivity contribution is 0.0600. The summed E-state index contributed by atoms with van der Waals surface area (Å²) >= 11 is 0. The van der Waals surface area contributed by atoms with Gasteiger partial charge in [0.2, 0.25) is 0 Å². The predicted octanol–water partition coefficient (Wildman–Crippen LogP) is 4.25. The van der Waals surface area contributed by atoms with Crippen molar-refractivity contribution >= 4 is 5.97 Å². The Bertz CT molecular complexity index is 406. The van der Waals surface area contributed by atoms with Gasteiger partial charge in [-0.05, 0) is 42.5 Å². The van der Waals surface area contributed by atoms with E-state index in [1.807, 2.05) is 13.8 Å². The second-order valence-corrected chi connectivity index (χ2v) is 4.60. The highest BCUT2D eigenvalue weighted by molar-refractivity contribution is 5.89. The van der Waals surface area contributed by atoms with Crippen molar-refractivity contribution in [2.24, 2.45) is 0 Å². The van der Waals surface area contributed by atoms with Crippen LogP contribution in [-0.4, -0.2) is 18.2 Å². The number of hydrogen-bond acceptors (Lipinski definition) is 3. The highest BCUT2D eigenvalue weighted by Gasteiger charge is 2.20. The highest BCUT2D eigenvalue weighted by Crippen LogP contribution is 2.37. The molecule has 1 aromatic carbocycles. The van der Waals surface area contributed by atoms with Crippen molar-refractivity contribution in [2.45, 2.75) is 51.9 Å². The number of carbonyl (C=O) groups is 1. The Labute approximate surface area is 115 Å². The van der Waals surface area contributed by atoms with Gasteiger partial charge in [0.1, 0.15) is 5.75 Å². The number of phenolic OH excluding ortho intramolecular Hbond substituents is 1. The first-order valence-electron chi connectivity index (χ1n) is 7.13. The van der Waals surface area contributed by atoms with E-state index in [1.165, 1.54) is 26.4 Å². The summed E-state index contributed by atoms with van der Waals surface area (Å²) in [6.07, 6.45) is 5.86. The molecule has 1 aliphatic carbocycles. The van der Waals surface area contributed by atoms with Crippen LogP contribution in [0, 0.1) is 0 Å². The van der Waals surface area contributed by atoms with E-state index in [0.29, 0.717) is 17.2 Å². The molecule has 0 amide bonds. The maximum absolute atomic E-state index is 11.5. The van der Waals surface area contributed by atoms with E-state index in [2.05, 4.69) is 0 Å². The lowest BCUT2D eigenvalue weighted by atomic mass is 9.83. The van der Waals surface area contributed by atoms with E-state index >= 15 is 0 Å². The maximum atomic E-state index is 11.5. The fourth-order valence-electron chi connectivity index (χ4n) is 2.54. The summed E-state index contributed by atoms with van der Waals surface area (Å²) in [5.41, 5.74) is 1.42. The number of aromatic hydroxyl groups is 1. The largest absolute Gasteiger partial charge is 0.508 e. The molecule has 0 heterocycles. The minimum atomic E-state index is -0.345. The smallest absolute Gasteiger partial charge is 0.337 e. The van der Waals surface area contributed by atoms with Gasteiger partial charge < -0.3 is 9.84 Å². The Hall–Kier alpha value is -1.51. The van der Waals surface area contributed by atoms with E-state index in [9.17, 15) is 9.90 Å². The number of phenols is 1. The fraction of sp³-hybridized carbons (Fsp3) is 0.562. The molecule has 0 aromatic heterocycles.